The molecular formula is C11H12Br2N4. The lowest BCUT2D eigenvalue weighted by atomic mass is 10.2. The highest BCUT2D eigenvalue weighted by molar-refractivity contribution is 9.10. The number of hydrogen-bond donors (Lipinski definition) is 1. The van der Waals surface area contributed by atoms with Crippen molar-refractivity contribution in [1.29, 1.82) is 0 Å². The molecule has 2 aromatic heterocycles. The molecule has 0 saturated carbocycles. The Morgan fingerprint density at radius 2 is 2.12 bits per heavy atom. The van der Waals surface area contributed by atoms with E-state index in [0.717, 1.165) is 33.4 Å². The summed E-state index contributed by atoms with van der Waals surface area (Å²) in [5.74, 6) is 0.847. The molecule has 0 saturated heterocycles. The summed E-state index contributed by atoms with van der Waals surface area (Å²) in [5.41, 5.74) is 1.11. The number of nitrogens with one attached hydrogen (secondary N) is 1. The predicted molar refractivity (Wildman–Crippen MR) is 74.1 cm³/mol. The first-order valence-corrected chi connectivity index (χ1v) is 6.85. The van der Waals surface area contributed by atoms with E-state index in [9.17, 15) is 0 Å². The van der Waals surface area contributed by atoms with Crippen LogP contribution in [0.5, 0.6) is 0 Å². The molecule has 0 fully saturated rings. The van der Waals surface area contributed by atoms with E-state index in [0.29, 0.717) is 0 Å². The van der Waals surface area contributed by atoms with Crippen LogP contribution in [0.2, 0.25) is 0 Å². The first kappa shape index (κ1) is 12.7. The molecule has 0 aliphatic rings. The van der Waals surface area contributed by atoms with Crippen LogP contribution in [0, 0.1) is 0 Å². The minimum Gasteiger partial charge on any atom is -0.313 e. The first-order chi connectivity index (χ1) is 8.20. The molecule has 0 aliphatic carbocycles. The Balaban J connectivity index is 2.38. The first-order valence-electron chi connectivity index (χ1n) is 5.26. The third kappa shape index (κ3) is 3.14. The Hall–Kier alpha value is -0.720. The van der Waals surface area contributed by atoms with Gasteiger partial charge in [0.15, 0.2) is 5.82 Å². The monoisotopic (exact) mass is 358 g/mol. The fraction of sp³-hybridized carbons (Fsp3) is 0.273. The molecule has 0 spiro atoms. The van der Waals surface area contributed by atoms with Gasteiger partial charge in [0.1, 0.15) is 0 Å². The molecule has 0 unspecified atom stereocenters. The number of aromatic nitrogens is 3. The van der Waals surface area contributed by atoms with Crippen molar-refractivity contribution in [3.8, 4) is 5.82 Å². The number of pyridine rings is 1. The average molecular weight is 360 g/mol. The summed E-state index contributed by atoms with van der Waals surface area (Å²) in [6.45, 7) is 3.78. The van der Waals surface area contributed by atoms with Gasteiger partial charge in [0, 0.05) is 29.0 Å². The van der Waals surface area contributed by atoms with Gasteiger partial charge in [0.2, 0.25) is 0 Å². The summed E-state index contributed by atoms with van der Waals surface area (Å²) in [6, 6.07) is 2.06. The van der Waals surface area contributed by atoms with Crippen molar-refractivity contribution >= 4 is 31.9 Å². The van der Waals surface area contributed by atoms with Gasteiger partial charge < -0.3 is 5.32 Å². The van der Waals surface area contributed by atoms with Gasteiger partial charge >= 0.3 is 0 Å². The number of hydrogen-bond acceptors (Lipinski definition) is 3. The molecule has 0 atom stereocenters. The molecule has 1 N–H and O–H groups in total. The molecule has 4 nitrogen and oxygen atoms in total. The van der Waals surface area contributed by atoms with E-state index >= 15 is 0 Å². The number of nitrogens with zero attached hydrogens (tertiary/aromatic N) is 3. The summed E-state index contributed by atoms with van der Waals surface area (Å²) < 4.78 is 3.68. The quantitative estimate of drug-likeness (QED) is 0.912. The van der Waals surface area contributed by atoms with E-state index in [1.54, 1.807) is 17.1 Å². The van der Waals surface area contributed by atoms with Crippen LogP contribution in [0.15, 0.2) is 33.6 Å². The largest absolute Gasteiger partial charge is 0.313 e. The van der Waals surface area contributed by atoms with Gasteiger partial charge in [0.25, 0.3) is 0 Å². The fourth-order valence-electron chi connectivity index (χ4n) is 1.49. The number of rotatable bonds is 4. The van der Waals surface area contributed by atoms with Crippen LogP contribution in [0.25, 0.3) is 5.82 Å². The topological polar surface area (TPSA) is 42.7 Å². The molecular weight excluding hydrogens is 348 g/mol. The second-order valence-corrected chi connectivity index (χ2v) is 5.35. The Morgan fingerprint density at radius 1 is 1.29 bits per heavy atom. The van der Waals surface area contributed by atoms with Crippen molar-refractivity contribution < 1.29 is 0 Å². The molecule has 90 valence electrons. The van der Waals surface area contributed by atoms with E-state index in [-0.39, 0.29) is 0 Å². The van der Waals surface area contributed by atoms with E-state index in [1.807, 2.05) is 6.20 Å². The van der Waals surface area contributed by atoms with Crippen LogP contribution in [0.3, 0.4) is 0 Å². The van der Waals surface area contributed by atoms with Crippen LogP contribution < -0.4 is 5.32 Å². The number of halogens is 2. The molecule has 2 aromatic rings. The molecule has 0 radical (unpaired) electrons. The van der Waals surface area contributed by atoms with Crippen molar-refractivity contribution in [2.45, 2.75) is 13.5 Å². The molecule has 0 aromatic carbocycles. The summed E-state index contributed by atoms with van der Waals surface area (Å²) >= 11 is 6.82. The maximum Gasteiger partial charge on any atom is 0.157 e. The Labute approximate surface area is 117 Å². The van der Waals surface area contributed by atoms with Crippen molar-refractivity contribution in [2.75, 3.05) is 6.54 Å². The van der Waals surface area contributed by atoms with Gasteiger partial charge in [-0.1, -0.05) is 6.92 Å². The van der Waals surface area contributed by atoms with Crippen LogP contribution in [0.1, 0.15) is 12.5 Å². The van der Waals surface area contributed by atoms with Crippen LogP contribution in [-0.4, -0.2) is 21.3 Å². The van der Waals surface area contributed by atoms with Crippen molar-refractivity contribution in [2.24, 2.45) is 0 Å². The molecule has 6 heteroatoms. The predicted octanol–water partition coefficient (Wildman–Crippen LogP) is 2.90. The molecule has 17 heavy (non-hydrogen) atoms. The zero-order valence-corrected chi connectivity index (χ0v) is 12.5. The van der Waals surface area contributed by atoms with Crippen LogP contribution in [0.4, 0.5) is 0 Å². The SMILES string of the molecule is CCNCc1cc(Br)cnc1-n1cc(Br)cn1. The minimum absolute atomic E-state index is 0.774. The summed E-state index contributed by atoms with van der Waals surface area (Å²) in [6.07, 6.45) is 5.42. The lowest BCUT2D eigenvalue weighted by molar-refractivity contribution is 0.709. The molecule has 0 aliphatic heterocycles. The van der Waals surface area contributed by atoms with Crippen molar-refractivity contribution in [1.82, 2.24) is 20.1 Å². The minimum atomic E-state index is 0.774. The van der Waals surface area contributed by atoms with E-state index in [1.165, 1.54) is 0 Å². The van der Waals surface area contributed by atoms with Gasteiger partial charge in [-0.15, -0.1) is 0 Å². The molecule has 2 heterocycles. The summed E-state index contributed by atoms with van der Waals surface area (Å²) in [4.78, 5) is 4.41. The van der Waals surface area contributed by atoms with E-state index in [2.05, 4.69) is 60.2 Å². The second kappa shape index (κ2) is 5.75. The summed E-state index contributed by atoms with van der Waals surface area (Å²) in [7, 11) is 0. The lowest BCUT2D eigenvalue weighted by Gasteiger charge is -2.09. The van der Waals surface area contributed by atoms with Gasteiger partial charge in [-0.05, 0) is 44.5 Å². The van der Waals surface area contributed by atoms with Crippen LogP contribution in [-0.2, 0) is 6.54 Å². The Bertz CT molecular complexity index is 510. The van der Waals surface area contributed by atoms with Gasteiger partial charge in [-0.3, -0.25) is 0 Å². The third-order valence-electron chi connectivity index (χ3n) is 2.24. The molecule has 0 bridgehead atoms. The van der Waals surface area contributed by atoms with E-state index < -0.39 is 0 Å². The zero-order valence-electron chi connectivity index (χ0n) is 9.32. The van der Waals surface area contributed by atoms with Crippen molar-refractivity contribution in [3.05, 3.63) is 39.2 Å². The Kier molecular flexibility index (Phi) is 4.31. The van der Waals surface area contributed by atoms with Gasteiger partial charge in [-0.25, -0.2) is 9.67 Å². The lowest BCUT2D eigenvalue weighted by Crippen LogP contribution is -2.15. The normalized spacial score (nSPS) is 10.8. The van der Waals surface area contributed by atoms with Crippen LogP contribution >= 0.6 is 31.9 Å². The van der Waals surface area contributed by atoms with E-state index in [4.69, 9.17) is 0 Å². The summed E-state index contributed by atoms with van der Waals surface area (Å²) in [5, 5.41) is 7.54. The zero-order chi connectivity index (χ0) is 12.3. The third-order valence-corrected chi connectivity index (χ3v) is 3.09. The molecule has 0 amide bonds. The highest BCUT2D eigenvalue weighted by atomic mass is 79.9. The van der Waals surface area contributed by atoms with Crippen molar-refractivity contribution in [3.63, 3.8) is 0 Å². The Morgan fingerprint density at radius 3 is 2.76 bits per heavy atom. The maximum atomic E-state index is 4.41. The fourth-order valence-corrected chi connectivity index (χ4v) is 2.15. The van der Waals surface area contributed by atoms with Gasteiger partial charge in [0.05, 0.1) is 10.7 Å². The second-order valence-electron chi connectivity index (χ2n) is 3.52. The highest BCUT2D eigenvalue weighted by Crippen LogP contribution is 2.18. The maximum absolute atomic E-state index is 4.41. The smallest absolute Gasteiger partial charge is 0.157 e. The standard InChI is InChI=1S/C11H12Br2N4/c1-2-14-4-8-3-9(12)5-15-11(8)17-7-10(13)6-16-17/h3,5-7,14H,2,4H2,1H3. The van der Waals surface area contributed by atoms with Gasteiger partial charge in [-0.2, -0.15) is 5.10 Å². The average Bonchev–Trinajstić information content (AvgIpc) is 2.73. The molecule has 2 rings (SSSR count). The highest BCUT2D eigenvalue weighted by Gasteiger charge is 2.08.